The molecule has 1 heterocycles. The molecular formula is C21H31IN4O4. The van der Waals surface area contributed by atoms with E-state index in [1.54, 1.807) is 34.6 Å². The minimum absolute atomic E-state index is 0. The third-order valence-corrected chi connectivity index (χ3v) is 4.15. The summed E-state index contributed by atoms with van der Waals surface area (Å²) in [5.74, 6) is 3.09. The number of guanidine groups is 1. The molecule has 0 fully saturated rings. The van der Waals surface area contributed by atoms with Crippen LogP contribution in [0.5, 0.6) is 23.1 Å². The van der Waals surface area contributed by atoms with Crippen LogP contribution < -0.4 is 29.6 Å². The highest BCUT2D eigenvalue weighted by Gasteiger charge is 2.13. The Labute approximate surface area is 195 Å². The molecule has 2 rings (SSSR count). The lowest BCUT2D eigenvalue weighted by Crippen LogP contribution is -2.36. The maximum Gasteiger partial charge on any atom is 0.218 e. The summed E-state index contributed by atoms with van der Waals surface area (Å²) in [7, 11) is 6.51. The molecule has 8 nitrogen and oxygen atoms in total. The summed E-state index contributed by atoms with van der Waals surface area (Å²) < 4.78 is 21.9. The minimum Gasteiger partial charge on any atom is -0.493 e. The summed E-state index contributed by atoms with van der Waals surface area (Å²) >= 11 is 0. The van der Waals surface area contributed by atoms with Crippen LogP contribution in [-0.4, -0.2) is 45.9 Å². The normalized spacial score (nSPS) is 10.6. The number of aliphatic imine (C=N–C) groups is 1. The lowest BCUT2D eigenvalue weighted by atomic mass is 10.2. The zero-order valence-corrected chi connectivity index (χ0v) is 20.5. The molecule has 0 aliphatic carbocycles. The zero-order chi connectivity index (χ0) is 21.1. The fourth-order valence-electron chi connectivity index (χ4n) is 2.71. The van der Waals surface area contributed by atoms with E-state index in [0.717, 1.165) is 17.5 Å². The Morgan fingerprint density at radius 1 is 1.03 bits per heavy atom. The molecule has 0 atom stereocenters. The highest BCUT2D eigenvalue weighted by molar-refractivity contribution is 14.0. The fraction of sp³-hybridized carbons (Fsp3) is 0.429. The van der Waals surface area contributed by atoms with E-state index in [1.165, 1.54) is 0 Å². The van der Waals surface area contributed by atoms with Crippen LogP contribution in [0.2, 0.25) is 0 Å². The summed E-state index contributed by atoms with van der Waals surface area (Å²) in [6.07, 6.45) is 2.66. The van der Waals surface area contributed by atoms with Gasteiger partial charge < -0.3 is 29.6 Å². The van der Waals surface area contributed by atoms with Crippen LogP contribution in [0.25, 0.3) is 0 Å². The zero-order valence-electron chi connectivity index (χ0n) is 18.2. The van der Waals surface area contributed by atoms with Crippen LogP contribution in [0.3, 0.4) is 0 Å². The van der Waals surface area contributed by atoms with Crippen molar-refractivity contribution in [1.82, 2.24) is 15.6 Å². The largest absolute Gasteiger partial charge is 0.493 e. The van der Waals surface area contributed by atoms with Gasteiger partial charge in [-0.3, -0.25) is 4.99 Å². The predicted molar refractivity (Wildman–Crippen MR) is 129 cm³/mol. The Hall–Kier alpha value is -2.43. The van der Waals surface area contributed by atoms with E-state index < -0.39 is 0 Å². The van der Waals surface area contributed by atoms with Gasteiger partial charge in [-0.15, -0.1) is 24.0 Å². The average molecular weight is 530 g/mol. The van der Waals surface area contributed by atoms with Crippen LogP contribution >= 0.6 is 24.0 Å². The van der Waals surface area contributed by atoms with Crippen LogP contribution in [-0.2, 0) is 13.1 Å². The summed E-state index contributed by atoms with van der Waals surface area (Å²) in [5.41, 5.74) is 1.94. The van der Waals surface area contributed by atoms with Gasteiger partial charge in [-0.1, -0.05) is 13.0 Å². The van der Waals surface area contributed by atoms with Crippen molar-refractivity contribution < 1.29 is 18.9 Å². The third-order valence-electron chi connectivity index (χ3n) is 4.15. The first kappa shape index (κ1) is 25.6. The minimum atomic E-state index is 0. The lowest BCUT2D eigenvalue weighted by Gasteiger charge is -2.16. The Balaban J connectivity index is 0.00000450. The average Bonchev–Trinajstić information content (AvgIpc) is 2.77. The molecule has 166 valence electrons. The Morgan fingerprint density at radius 2 is 1.70 bits per heavy atom. The molecule has 0 radical (unpaired) electrons. The van der Waals surface area contributed by atoms with Crippen molar-refractivity contribution in [3.8, 4) is 23.1 Å². The molecule has 0 unspecified atom stereocenters. The van der Waals surface area contributed by atoms with E-state index in [-0.39, 0.29) is 24.0 Å². The van der Waals surface area contributed by atoms with Crippen molar-refractivity contribution in [3.63, 3.8) is 0 Å². The van der Waals surface area contributed by atoms with E-state index >= 15 is 0 Å². The molecule has 2 aromatic rings. The summed E-state index contributed by atoms with van der Waals surface area (Å²) in [5, 5.41) is 6.57. The standard InChI is InChI=1S/C21H30N4O4.HI/c1-6-10-29-20-16(8-7-9-23-20)14-25-21(22-2)24-13-15-11-17(26-3)19(28-5)18(12-15)27-4;/h7-9,11-12H,6,10,13-14H2,1-5H3,(H2,22,24,25);1H. The summed E-state index contributed by atoms with van der Waals surface area (Å²) in [6.45, 7) is 3.78. The maximum atomic E-state index is 5.70. The molecule has 0 bridgehead atoms. The lowest BCUT2D eigenvalue weighted by molar-refractivity contribution is 0.301. The van der Waals surface area contributed by atoms with Gasteiger partial charge in [0.15, 0.2) is 17.5 Å². The molecule has 0 amide bonds. The highest BCUT2D eigenvalue weighted by Crippen LogP contribution is 2.38. The van der Waals surface area contributed by atoms with E-state index in [1.807, 2.05) is 24.3 Å². The summed E-state index contributed by atoms with van der Waals surface area (Å²) in [6, 6.07) is 7.68. The van der Waals surface area contributed by atoms with Crippen molar-refractivity contribution >= 4 is 29.9 Å². The fourth-order valence-corrected chi connectivity index (χ4v) is 2.71. The topological polar surface area (TPSA) is 86.2 Å². The first-order chi connectivity index (χ1) is 14.2. The number of rotatable bonds is 10. The second kappa shape index (κ2) is 13.7. The summed E-state index contributed by atoms with van der Waals surface area (Å²) in [4.78, 5) is 8.58. The smallest absolute Gasteiger partial charge is 0.218 e. The molecular weight excluding hydrogens is 499 g/mol. The number of aromatic nitrogens is 1. The van der Waals surface area contributed by atoms with Crippen molar-refractivity contribution in [1.29, 1.82) is 0 Å². The number of hydrogen-bond donors (Lipinski definition) is 2. The predicted octanol–water partition coefficient (Wildman–Crippen LogP) is 3.38. The van der Waals surface area contributed by atoms with Crippen LogP contribution in [0.1, 0.15) is 24.5 Å². The molecule has 1 aromatic heterocycles. The number of halogens is 1. The monoisotopic (exact) mass is 530 g/mol. The Bertz CT molecular complexity index is 792. The van der Waals surface area contributed by atoms with Crippen molar-refractivity contribution in [3.05, 3.63) is 41.6 Å². The molecule has 1 aromatic carbocycles. The van der Waals surface area contributed by atoms with Gasteiger partial charge in [0.2, 0.25) is 11.6 Å². The third kappa shape index (κ3) is 7.12. The SMILES string of the molecule is CCCOc1ncccc1CNC(=NC)NCc1cc(OC)c(OC)c(OC)c1.I. The van der Waals surface area contributed by atoms with E-state index in [4.69, 9.17) is 18.9 Å². The number of methoxy groups -OCH3 is 3. The molecule has 30 heavy (non-hydrogen) atoms. The number of nitrogens with zero attached hydrogens (tertiary/aromatic N) is 2. The van der Waals surface area contributed by atoms with E-state index in [9.17, 15) is 0 Å². The van der Waals surface area contributed by atoms with Gasteiger partial charge in [0.1, 0.15) is 0 Å². The number of pyridine rings is 1. The number of benzene rings is 1. The van der Waals surface area contributed by atoms with Crippen molar-refractivity contribution in [2.75, 3.05) is 35.0 Å². The van der Waals surface area contributed by atoms with Gasteiger partial charge in [0, 0.05) is 31.9 Å². The first-order valence-corrected chi connectivity index (χ1v) is 9.46. The van der Waals surface area contributed by atoms with Crippen LogP contribution in [0.15, 0.2) is 35.5 Å². The van der Waals surface area contributed by atoms with Gasteiger partial charge in [0.05, 0.1) is 27.9 Å². The Morgan fingerprint density at radius 3 is 2.27 bits per heavy atom. The maximum absolute atomic E-state index is 5.70. The molecule has 0 aliphatic rings. The Kier molecular flexibility index (Phi) is 11.7. The van der Waals surface area contributed by atoms with Gasteiger partial charge in [-0.05, 0) is 30.2 Å². The van der Waals surface area contributed by atoms with Crippen LogP contribution in [0, 0.1) is 0 Å². The van der Waals surface area contributed by atoms with Crippen molar-refractivity contribution in [2.24, 2.45) is 4.99 Å². The highest BCUT2D eigenvalue weighted by atomic mass is 127. The molecule has 0 saturated heterocycles. The molecule has 0 aliphatic heterocycles. The van der Waals surface area contributed by atoms with Gasteiger partial charge >= 0.3 is 0 Å². The van der Waals surface area contributed by atoms with Gasteiger partial charge in [-0.2, -0.15) is 0 Å². The number of ether oxygens (including phenoxy) is 4. The van der Waals surface area contributed by atoms with Crippen molar-refractivity contribution in [2.45, 2.75) is 26.4 Å². The molecule has 0 spiro atoms. The van der Waals surface area contributed by atoms with Gasteiger partial charge in [-0.25, -0.2) is 4.98 Å². The van der Waals surface area contributed by atoms with E-state index in [0.29, 0.717) is 48.8 Å². The van der Waals surface area contributed by atoms with Crippen LogP contribution in [0.4, 0.5) is 0 Å². The number of hydrogen-bond acceptors (Lipinski definition) is 6. The number of nitrogens with one attached hydrogen (secondary N) is 2. The van der Waals surface area contributed by atoms with E-state index in [2.05, 4.69) is 27.5 Å². The second-order valence-corrected chi connectivity index (χ2v) is 6.13. The molecule has 2 N–H and O–H groups in total. The quantitative estimate of drug-likeness (QED) is 0.277. The van der Waals surface area contributed by atoms with Gasteiger partial charge in [0.25, 0.3) is 0 Å². The molecule has 0 saturated carbocycles. The first-order valence-electron chi connectivity index (χ1n) is 9.46. The second-order valence-electron chi connectivity index (χ2n) is 6.13. The molecule has 9 heteroatoms.